The Hall–Kier alpha value is -4.38. The fourth-order valence-electron chi connectivity index (χ4n) is 3.94. The van der Waals surface area contributed by atoms with E-state index in [1.54, 1.807) is 0 Å². The average molecular weight is 844 g/mol. The van der Waals surface area contributed by atoms with Crippen molar-refractivity contribution in [3.05, 3.63) is 58.1 Å². The molecule has 0 saturated heterocycles. The summed E-state index contributed by atoms with van der Waals surface area (Å²) in [6.45, 7) is -0.580. The summed E-state index contributed by atoms with van der Waals surface area (Å²) in [4.78, 5) is 21.8. The van der Waals surface area contributed by atoms with Crippen molar-refractivity contribution in [2.45, 2.75) is 9.79 Å². The zero-order valence-electron chi connectivity index (χ0n) is 25.6. The van der Waals surface area contributed by atoms with E-state index in [4.69, 9.17) is 32.3 Å². The normalized spacial score (nSPS) is 12.5. The van der Waals surface area contributed by atoms with Crippen LogP contribution in [0.3, 0.4) is 0 Å². The molecule has 0 aliphatic heterocycles. The Morgan fingerprint density at radius 1 is 0.538 bits per heavy atom. The number of hydrogen-bond donors (Lipinski definition) is 8. The Labute approximate surface area is 305 Å². The van der Waals surface area contributed by atoms with Gasteiger partial charge in [-0.1, -0.05) is 24.3 Å². The lowest BCUT2D eigenvalue weighted by Crippen LogP contribution is -2.16. The maximum Gasteiger partial charge on any atom is 0.295 e. The lowest BCUT2D eigenvalue weighted by Gasteiger charge is -2.11. The van der Waals surface area contributed by atoms with Crippen molar-refractivity contribution in [2.24, 2.45) is 0 Å². The van der Waals surface area contributed by atoms with Crippen LogP contribution in [0, 0.1) is 0 Å². The second-order valence-electron chi connectivity index (χ2n) is 9.97. The molecule has 2 aromatic carbocycles. The molecule has 0 saturated carbocycles. The molecule has 28 heteroatoms. The standard InChI is InChI=1S/C24H24Cl2N10O12S4/c25-19-31-21(27-7-9-49(37,38)39)35-23(33-19)29-15-5-3-13(17(11-15)51(43,44)45)1-2-14-4-6-16(12-18(14)52(46,47)48)30-24-34-20(26)32-22(36-24)28-8-10-50(40,41)42/h1-6,11-12H,7-10H2,(H,37,38,39)(H,40,41,42)(H,43,44,45)(H,46,47,48)(H2,27,29,31,33,35)(H2,28,30,32,34,36). The first-order valence-electron chi connectivity index (χ1n) is 13.7. The maximum atomic E-state index is 12.3. The predicted octanol–water partition coefficient (Wildman–Crippen LogP) is 2.11. The molecule has 4 aromatic rings. The Balaban J connectivity index is 1.59. The van der Waals surface area contributed by atoms with Crippen molar-refractivity contribution in [1.29, 1.82) is 0 Å². The molecule has 2 heterocycles. The van der Waals surface area contributed by atoms with Gasteiger partial charge in [0.15, 0.2) is 0 Å². The smallest absolute Gasteiger partial charge is 0.295 e. The number of nitrogens with zero attached hydrogens (tertiary/aromatic N) is 6. The molecule has 0 aliphatic rings. The zero-order chi connectivity index (χ0) is 38.5. The van der Waals surface area contributed by atoms with Crippen molar-refractivity contribution in [2.75, 3.05) is 45.9 Å². The van der Waals surface area contributed by atoms with Gasteiger partial charge < -0.3 is 21.3 Å². The largest absolute Gasteiger partial charge is 0.353 e. The maximum absolute atomic E-state index is 12.3. The van der Waals surface area contributed by atoms with Crippen molar-refractivity contribution < 1.29 is 51.9 Å². The third-order valence-corrected chi connectivity index (χ3v) is 9.64. The van der Waals surface area contributed by atoms with E-state index in [0.717, 1.165) is 24.3 Å². The van der Waals surface area contributed by atoms with E-state index in [1.165, 1.54) is 24.3 Å². The first-order chi connectivity index (χ1) is 24.0. The molecule has 8 N–H and O–H groups in total. The van der Waals surface area contributed by atoms with Crippen LogP contribution in [0.15, 0.2) is 46.2 Å². The fraction of sp³-hybridized carbons (Fsp3) is 0.167. The minimum absolute atomic E-state index is 0.0141. The van der Waals surface area contributed by atoms with E-state index < -0.39 is 61.8 Å². The summed E-state index contributed by atoms with van der Waals surface area (Å²) in [6, 6.07) is 7.09. The van der Waals surface area contributed by atoms with Gasteiger partial charge in [0.25, 0.3) is 40.5 Å². The molecule has 0 bridgehead atoms. The highest BCUT2D eigenvalue weighted by Gasteiger charge is 2.19. The molecule has 0 amide bonds. The molecule has 22 nitrogen and oxygen atoms in total. The van der Waals surface area contributed by atoms with Crippen LogP contribution in [0.5, 0.6) is 0 Å². The third kappa shape index (κ3) is 12.7. The molecule has 0 radical (unpaired) electrons. The van der Waals surface area contributed by atoms with Crippen LogP contribution in [0.4, 0.5) is 35.2 Å². The van der Waals surface area contributed by atoms with Crippen LogP contribution in [0.2, 0.25) is 10.6 Å². The number of rotatable bonds is 16. The SMILES string of the molecule is O=S(=O)(O)CCNc1nc(Cl)nc(Nc2ccc(C=Cc3ccc(Nc4nc(Cl)nc(NCCS(=O)(=O)O)n4)cc3S(=O)(=O)O)c(S(=O)(=O)O)c2)n1. The molecule has 0 spiro atoms. The molecule has 2 aromatic heterocycles. The van der Waals surface area contributed by atoms with Gasteiger partial charge in [-0.2, -0.15) is 63.6 Å². The molecule has 52 heavy (non-hydrogen) atoms. The number of benzene rings is 2. The summed E-state index contributed by atoms with van der Waals surface area (Å²) in [5.41, 5.74) is -0.237. The van der Waals surface area contributed by atoms with Crippen LogP contribution >= 0.6 is 23.2 Å². The minimum atomic E-state index is -4.91. The van der Waals surface area contributed by atoms with Gasteiger partial charge in [0, 0.05) is 24.5 Å². The minimum Gasteiger partial charge on any atom is -0.353 e. The monoisotopic (exact) mass is 842 g/mol. The summed E-state index contributed by atoms with van der Waals surface area (Å²) in [5.74, 6) is -2.17. The quantitative estimate of drug-likeness (QED) is 0.0591. The Morgan fingerprint density at radius 3 is 1.21 bits per heavy atom. The van der Waals surface area contributed by atoms with Crippen molar-refractivity contribution >= 4 is 111 Å². The number of aromatic nitrogens is 6. The van der Waals surface area contributed by atoms with Gasteiger partial charge in [0.1, 0.15) is 9.79 Å². The van der Waals surface area contributed by atoms with E-state index in [1.807, 2.05) is 0 Å². The lowest BCUT2D eigenvalue weighted by molar-refractivity contribution is 0.480. The highest BCUT2D eigenvalue weighted by atomic mass is 35.5. The Bertz CT molecular complexity index is 2300. The lowest BCUT2D eigenvalue weighted by atomic mass is 10.1. The highest BCUT2D eigenvalue weighted by molar-refractivity contribution is 7.86. The first-order valence-corrected chi connectivity index (χ1v) is 20.6. The van der Waals surface area contributed by atoms with Gasteiger partial charge >= 0.3 is 0 Å². The molecular formula is C24H24Cl2N10O12S4. The van der Waals surface area contributed by atoms with Crippen LogP contribution in [0.1, 0.15) is 11.1 Å². The molecule has 0 aliphatic carbocycles. The summed E-state index contributed by atoms with van der Waals surface area (Å²) in [7, 11) is -18.4. The van der Waals surface area contributed by atoms with Crippen LogP contribution in [-0.2, 0) is 40.5 Å². The topological polar surface area (TPSA) is 343 Å². The fourth-order valence-corrected chi connectivity index (χ4v) is 6.40. The summed E-state index contributed by atoms with van der Waals surface area (Å²) < 4.78 is 131. The number of halogens is 2. The van der Waals surface area contributed by atoms with Crippen molar-refractivity contribution in [1.82, 2.24) is 29.9 Å². The van der Waals surface area contributed by atoms with E-state index in [2.05, 4.69) is 51.2 Å². The number of nitrogens with one attached hydrogen (secondary N) is 4. The van der Waals surface area contributed by atoms with Gasteiger partial charge in [0.05, 0.1) is 11.5 Å². The number of hydrogen-bond acceptors (Lipinski definition) is 18. The van der Waals surface area contributed by atoms with Gasteiger partial charge in [0.2, 0.25) is 34.4 Å². The molecule has 280 valence electrons. The zero-order valence-corrected chi connectivity index (χ0v) is 30.4. The molecule has 0 atom stereocenters. The predicted molar refractivity (Wildman–Crippen MR) is 187 cm³/mol. The second kappa shape index (κ2) is 16.1. The van der Waals surface area contributed by atoms with Crippen LogP contribution in [-0.4, -0.2) is 106 Å². The van der Waals surface area contributed by atoms with E-state index in [0.29, 0.717) is 0 Å². The molecular weight excluding hydrogens is 819 g/mol. The van der Waals surface area contributed by atoms with Gasteiger partial charge in [-0.25, -0.2) is 0 Å². The first kappa shape index (κ1) is 40.4. The van der Waals surface area contributed by atoms with Crippen molar-refractivity contribution in [3.8, 4) is 0 Å². The second-order valence-corrected chi connectivity index (χ2v) is 16.6. The highest BCUT2D eigenvalue weighted by Crippen LogP contribution is 2.28. The molecule has 4 rings (SSSR count). The Kier molecular flexibility index (Phi) is 12.5. The van der Waals surface area contributed by atoms with E-state index in [-0.39, 0.29) is 70.0 Å². The van der Waals surface area contributed by atoms with Crippen LogP contribution < -0.4 is 21.3 Å². The molecule has 0 unspecified atom stereocenters. The number of anilines is 6. The summed E-state index contributed by atoms with van der Waals surface area (Å²) in [5, 5.41) is 9.64. The van der Waals surface area contributed by atoms with Gasteiger partial charge in [-0.15, -0.1) is 0 Å². The van der Waals surface area contributed by atoms with Crippen LogP contribution in [0.25, 0.3) is 12.2 Å². The van der Waals surface area contributed by atoms with E-state index >= 15 is 0 Å². The average Bonchev–Trinajstić information content (AvgIpc) is 2.98. The van der Waals surface area contributed by atoms with E-state index in [9.17, 15) is 42.8 Å². The van der Waals surface area contributed by atoms with Crippen molar-refractivity contribution in [3.63, 3.8) is 0 Å². The third-order valence-electron chi connectivity index (χ3n) is 6.04. The summed E-state index contributed by atoms with van der Waals surface area (Å²) in [6.07, 6.45) is 2.27. The Morgan fingerprint density at radius 2 is 0.885 bits per heavy atom. The van der Waals surface area contributed by atoms with Gasteiger partial charge in [-0.3, -0.25) is 18.2 Å². The summed E-state index contributed by atoms with van der Waals surface area (Å²) >= 11 is 11.8. The van der Waals surface area contributed by atoms with Gasteiger partial charge in [-0.05, 0) is 58.6 Å². The molecule has 0 fully saturated rings.